The van der Waals surface area contributed by atoms with Gasteiger partial charge in [-0.3, -0.25) is 0 Å². The molecule has 1 heterocycles. The number of piperidine rings is 1. The average molecular weight is 211 g/mol. The zero-order valence-electron chi connectivity index (χ0n) is 10.3. The molecule has 0 aromatic carbocycles. The van der Waals surface area contributed by atoms with Gasteiger partial charge in [-0.15, -0.1) is 0 Å². The van der Waals surface area contributed by atoms with Crippen LogP contribution in [-0.2, 0) is 0 Å². The predicted octanol–water partition coefficient (Wildman–Crippen LogP) is 2.17. The zero-order valence-corrected chi connectivity index (χ0v) is 10.3. The van der Waals surface area contributed by atoms with Crippen LogP contribution in [0, 0.1) is 17.3 Å². The highest BCUT2D eigenvalue weighted by Crippen LogP contribution is 2.44. The van der Waals surface area contributed by atoms with E-state index in [-0.39, 0.29) is 11.5 Å². The van der Waals surface area contributed by atoms with Gasteiger partial charge in [0.25, 0.3) is 0 Å². The van der Waals surface area contributed by atoms with Crippen LogP contribution in [0.3, 0.4) is 0 Å². The molecule has 2 aliphatic rings. The molecule has 2 rings (SSSR count). The van der Waals surface area contributed by atoms with Crippen molar-refractivity contribution < 1.29 is 5.11 Å². The summed E-state index contributed by atoms with van der Waals surface area (Å²) in [6.07, 6.45) is 4.80. The third kappa shape index (κ3) is 2.21. The predicted molar refractivity (Wildman–Crippen MR) is 62.7 cm³/mol. The summed E-state index contributed by atoms with van der Waals surface area (Å²) in [4.78, 5) is 0. The SMILES string of the molecule is CC1CCNC(C2CCC(C)(C)C2O)C1. The Bertz CT molecular complexity index is 227. The number of hydrogen-bond acceptors (Lipinski definition) is 2. The largest absolute Gasteiger partial charge is 0.392 e. The lowest BCUT2D eigenvalue weighted by Gasteiger charge is -2.36. The summed E-state index contributed by atoms with van der Waals surface area (Å²) in [5.74, 6) is 1.31. The Balaban J connectivity index is 1.99. The Hall–Kier alpha value is -0.0800. The molecule has 88 valence electrons. The van der Waals surface area contributed by atoms with Crippen LogP contribution in [0.25, 0.3) is 0 Å². The van der Waals surface area contributed by atoms with E-state index in [2.05, 4.69) is 26.1 Å². The first-order valence-corrected chi connectivity index (χ1v) is 6.42. The van der Waals surface area contributed by atoms with E-state index in [9.17, 15) is 5.11 Å². The lowest BCUT2D eigenvalue weighted by atomic mass is 9.81. The van der Waals surface area contributed by atoms with Crippen molar-refractivity contribution in [2.75, 3.05) is 6.54 Å². The van der Waals surface area contributed by atoms with E-state index in [1.807, 2.05) is 0 Å². The number of aliphatic hydroxyl groups is 1. The van der Waals surface area contributed by atoms with Crippen LogP contribution < -0.4 is 5.32 Å². The van der Waals surface area contributed by atoms with E-state index in [4.69, 9.17) is 0 Å². The third-order valence-corrected chi connectivity index (χ3v) is 4.55. The summed E-state index contributed by atoms with van der Waals surface area (Å²) in [7, 11) is 0. The lowest BCUT2D eigenvalue weighted by Crippen LogP contribution is -2.46. The van der Waals surface area contributed by atoms with Gasteiger partial charge in [0.15, 0.2) is 0 Å². The van der Waals surface area contributed by atoms with Crippen LogP contribution in [0.5, 0.6) is 0 Å². The van der Waals surface area contributed by atoms with Gasteiger partial charge in [-0.1, -0.05) is 20.8 Å². The molecule has 0 amide bonds. The van der Waals surface area contributed by atoms with Crippen LogP contribution in [0.1, 0.15) is 46.5 Å². The average Bonchev–Trinajstić information content (AvgIpc) is 2.42. The second-order valence-corrected chi connectivity index (χ2v) is 6.33. The molecule has 0 aromatic rings. The fourth-order valence-electron chi connectivity index (χ4n) is 3.32. The van der Waals surface area contributed by atoms with Gasteiger partial charge >= 0.3 is 0 Å². The number of rotatable bonds is 1. The first-order valence-electron chi connectivity index (χ1n) is 6.42. The van der Waals surface area contributed by atoms with Gasteiger partial charge in [-0.05, 0) is 43.6 Å². The van der Waals surface area contributed by atoms with E-state index in [1.165, 1.54) is 25.7 Å². The van der Waals surface area contributed by atoms with Gasteiger partial charge in [0.1, 0.15) is 0 Å². The first kappa shape index (κ1) is 11.4. The van der Waals surface area contributed by atoms with E-state index < -0.39 is 0 Å². The van der Waals surface area contributed by atoms with E-state index in [1.54, 1.807) is 0 Å². The molecule has 0 spiro atoms. The standard InChI is InChI=1S/C13H25NO/c1-9-5-7-14-11(8-9)10-4-6-13(2,3)12(10)15/h9-12,14-15H,4-8H2,1-3H3. The van der Waals surface area contributed by atoms with Crippen molar-refractivity contribution in [3.8, 4) is 0 Å². The normalized spacial score (nSPS) is 45.6. The molecule has 2 fully saturated rings. The monoisotopic (exact) mass is 211 g/mol. The fourth-order valence-corrected chi connectivity index (χ4v) is 3.32. The van der Waals surface area contributed by atoms with E-state index >= 15 is 0 Å². The van der Waals surface area contributed by atoms with Crippen LogP contribution in [0.4, 0.5) is 0 Å². The maximum atomic E-state index is 10.3. The molecule has 0 radical (unpaired) electrons. The van der Waals surface area contributed by atoms with Crippen LogP contribution in [0.15, 0.2) is 0 Å². The minimum absolute atomic E-state index is 0.111. The quantitative estimate of drug-likeness (QED) is 0.696. The number of nitrogens with one attached hydrogen (secondary N) is 1. The van der Waals surface area contributed by atoms with Gasteiger partial charge in [0.2, 0.25) is 0 Å². The molecule has 1 aliphatic heterocycles. The molecule has 0 bridgehead atoms. The Kier molecular flexibility index (Phi) is 3.09. The summed E-state index contributed by atoms with van der Waals surface area (Å²) in [6.45, 7) is 7.86. The molecule has 1 saturated carbocycles. The maximum Gasteiger partial charge on any atom is 0.0634 e. The molecule has 4 atom stereocenters. The first-order chi connectivity index (χ1) is 7.00. The summed E-state index contributed by atoms with van der Waals surface area (Å²) >= 11 is 0. The second kappa shape index (κ2) is 4.06. The second-order valence-electron chi connectivity index (χ2n) is 6.33. The van der Waals surface area contributed by atoms with Crippen molar-refractivity contribution >= 4 is 0 Å². The smallest absolute Gasteiger partial charge is 0.0634 e. The summed E-state index contributed by atoms with van der Waals surface area (Å²) in [5.41, 5.74) is 0.132. The molecule has 4 unspecified atom stereocenters. The highest BCUT2D eigenvalue weighted by Gasteiger charge is 2.44. The van der Waals surface area contributed by atoms with E-state index in [0.29, 0.717) is 12.0 Å². The Labute approximate surface area is 93.5 Å². The molecule has 1 aliphatic carbocycles. The third-order valence-electron chi connectivity index (χ3n) is 4.55. The van der Waals surface area contributed by atoms with Gasteiger partial charge in [-0.25, -0.2) is 0 Å². The van der Waals surface area contributed by atoms with Crippen molar-refractivity contribution in [1.29, 1.82) is 0 Å². The summed E-state index contributed by atoms with van der Waals surface area (Å²) in [6, 6.07) is 0.561. The minimum atomic E-state index is -0.111. The van der Waals surface area contributed by atoms with E-state index in [0.717, 1.165) is 12.5 Å². The molecule has 15 heavy (non-hydrogen) atoms. The van der Waals surface area contributed by atoms with Gasteiger partial charge in [0, 0.05) is 12.0 Å². The Morgan fingerprint density at radius 3 is 2.53 bits per heavy atom. The van der Waals surface area contributed by atoms with Gasteiger partial charge in [-0.2, -0.15) is 0 Å². The summed E-state index contributed by atoms with van der Waals surface area (Å²) in [5, 5.41) is 13.9. The van der Waals surface area contributed by atoms with Crippen molar-refractivity contribution in [2.24, 2.45) is 17.3 Å². The molecule has 2 N–H and O–H groups in total. The minimum Gasteiger partial charge on any atom is -0.392 e. The summed E-state index contributed by atoms with van der Waals surface area (Å²) < 4.78 is 0. The van der Waals surface area contributed by atoms with Gasteiger partial charge in [0.05, 0.1) is 6.10 Å². The fraction of sp³-hybridized carbons (Fsp3) is 1.00. The molecule has 2 heteroatoms. The number of hydrogen-bond donors (Lipinski definition) is 2. The van der Waals surface area contributed by atoms with Crippen molar-refractivity contribution in [3.63, 3.8) is 0 Å². The highest BCUT2D eigenvalue weighted by atomic mass is 16.3. The lowest BCUT2D eigenvalue weighted by molar-refractivity contribution is 0.0264. The zero-order chi connectivity index (χ0) is 11.1. The van der Waals surface area contributed by atoms with Gasteiger partial charge < -0.3 is 10.4 Å². The molecular formula is C13H25NO. The Morgan fingerprint density at radius 1 is 1.27 bits per heavy atom. The van der Waals surface area contributed by atoms with Crippen molar-refractivity contribution in [3.05, 3.63) is 0 Å². The van der Waals surface area contributed by atoms with Crippen molar-refractivity contribution in [2.45, 2.75) is 58.6 Å². The van der Waals surface area contributed by atoms with Crippen LogP contribution >= 0.6 is 0 Å². The molecular weight excluding hydrogens is 186 g/mol. The highest BCUT2D eigenvalue weighted by molar-refractivity contribution is 4.97. The molecule has 2 nitrogen and oxygen atoms in total. The topological polar surface area (TPSA) is 32.3 Å². The molecule has 0 aromatic heterocycles. The van der Waals surface area contributed by atoms with Crippen molar-refractivity contribution in [1.82, 2.24) is 5.32 Å². The molecule has 1 saturated heterocycles. The van der Waals surface area contributed by atoms with Crippen LogP contribution in [0.2, 0.25) is 0 Å². The maximum absolute atomic E-state index is 10.3. The Morgan fingerprint density at radius 2 is 2.00 bits per heavy atom. The van der Waals surface area contributed by atoms with Crippen LogP contribution in [-0.4, -0.2) is 23.8 Å². The number of aliphatic hydroxyl groups excluding tert-OH is 1.